The maximum absolute atomic E-state index is 14.5. The number of halogens is 3. The summed E-state index contributed by atoms with van der Waals surface area (Å²) < 4.78 is 29.0. The van der Waals surface area contributed by atoms with E-state index in [1.165, 1.54) is 23.1 Å². The molecule has 0 aliphatic rings. The Hall–Kier alpha value is -3.56. The molecule has 0 heterocycles. The molecule has 2 amide bonds. The molecule has 0 aromatic heterocycles. The molecule has 0 unspecified atom stereocenters. The number of benzene rings is 4. The van der Waals surface area contributed by atoms with E-state index in [0.717, 1.165) is 9.87 Å². The Morgan fingerprint density at radius 2 is 1.34 bits per heavy atom. The number of hydrogen-bond acceptors (Lipinski definition) is 4. The van der Waals surface area contributed by atoms with Crippen molar-refractivity contribution in [2.75, 3.05) is 17.4 Å². The lowest BCUT2D eigenvalue weighted by Crippen LogP contribution is -2.53. The molecule has 1 atom stereocenters. The predicted molar refractivity (Wildman–Crippen MR) is 177 cm³/mol. The van der Waals surface area contributed by atoms with Gasteiger partial charge in [0.05, 0.1) is 15.6 Å². The smallest absolute Gasteiger partial charge is 0.264 e. The van der Waals surface area contributed by atoms with Crippen LogP contribution in [0.1, 0.15) is 24.5 Å². The second kappa shape index (κ2) is 15.4. The number of amides is 2. The van der Waals surface area contributed by atoms with Gasteiger partial charge in [-0.25, -0.2) is 8.42 Å². The van der Waals surface area contributed by atoms with Crippen LogP contribution in [0.2, 0.25) is 15.1 Å². The molecular formula is C33H32Cl3N3O4S. The molecule has 230 valence electrons. The quantitative estimate of drug-likeness (QED) is 0.166. The molecule has 0 radical (unpaired) electrons. The molecule has 7 nitrogen and oxygen atoms in total. The molecule has 11 heteroatoms. The molecule has 4 rings (SSSR count). The summed E-state index contributed by atoms with van der Waals surface area (Å²) in [4.78, 5) is 29.5. The third-order valence-electron chi connectivity index (χ3n) is 6.94. The number of nitrogens with zero attached hydrogens (tertiary/aromatic N) is 2. The zero-order valence-electron chi connectivity index (χ0n) is 24.0. The minimum atomic E-state index is -4.26. The van der Waals surface area contributed by atoms with Crippen molar-refractivity contribution in [1.29, 1.82) is 0 Å². The van der Waals surface area contributed by atoms with Crippen LogP contribution < -0.4 is 9.62 Å². The minimum absolute atomic E-state index is 0.0186. The summed E-state index contributed by atoms with van der Waals surface area (Å²) in [6, 6.07) is 27.4. The van der Waals surface area contributed by atoms with Crippen molar-refractivity contribution in [2.45, 2.75) is 37.2 Å². The molecule has 0 spiro atoms. The fraction of sp³-hybridized carbons (Fsp3) is 0.212. The predicted octanol–water partition coefficient (Wildman–Crippen LogP) is 7.01. The van der Waals surface area contributed by atoms with E-state index < -0.39 is 28.5 Å². The van der Waals surface area contributed by atoms with Gasteiger partial charge in [0, 0.05) is 35.1 Å². The van der Waals surface area contributed by atoms with E-state index in [4.69, 9.17) is 34.8 Å². The molecule has 1 N–H and O–H groups in total. The number of nitrogens with one attached hydrogen (secondary N) is 1. The fourth-order valence-corrected chi connectivity index (χ4v) is 6.92. The van der Waals surface area contributed by atoms with Crippen molar-refractivity contribution < 1.29 is 18.0 Å². The van der Waals surface area contributed by atoms with E-state index in [0.29, 0.717) is 28.6 Å². The van der Waals surface area contributed by atoms with Crippen LogP contribution in [0.4, 0.5) is 5.69 Å². The number of carbonyl (C=O) groups excluding carboxylic acids is 2. The summed E-state index contributed by atoms with van der Waals surface area (Å²) in [6.07, 6.45) is 0.853. The van der Waals surface area contributed by atoms with Gasteiger partial charge >= 0.3 is 0 Å². The van der Waals surface area contributed by atoms with Gasteiger partial charge in [0.25, 0.3) is 10.0 Å². The van der Waals surface area contributed by atoms with E-state index >= 15 is 0 Å². The summed E-state index contributed by atoms with van der Waals surface area (Å²) in [5.41, 5.74) is 1.37. The van der Waals surface area contributed by atoms with Gasteiger partial charge in [0.15, 0.2) is 0 Å². The van der Waals surface area contributed by atoms with Crippen LogP contribution in [0.15, 0.2) is 108 Å². The maximum Gasteiger partial charge on any atom is 0.264 e. The molecular weight excluding hydrogens is 641 g/mol. The van der Waals surface area contributed by atoms with E-state index in [2.05, 4.69) is 5.32 Å². The van der Waals surface area contributed by atoms with Gasteiger partial charge in [-0.15, -0.1) is 0 Å². The van der Waals surface area contributed by atoms with Crippen LogP contribution in [0.25, 0.3) is 0 Å². The Labute approximate surface area is 273 Å². The third kappa shape index (κ3) is 8.12. The number of para-hydroxylation sites is 1. The monoisotopic (exact) mass is 671 g/mol. The minimum Gasteiger partial charge on any atom is -0.354 e. The van der Waals surface area contributed by atoms with Crippen LogP contribution in [0.5, 0.6) is 0 Å². The van der Waals surface area contributed by atoms with E-state index in [-0.39, 0.29) is 34.5 Å². The molecule has 0 saturated carbocycles. The zero-order chi connectivity index (χ0) is 31.7. The van der Waals surface area contributed by atoms with E-state index in [1.54, 1.807) is 54.6 Å². The molecule has 4 aromatic rings. The van der Waals surface area contributed by atoms with Crippen molar-refractivity contribution in [3.05, 3.63) is 129 Å². The van der Waals surface area contributed by atoms with Crippen molar-refractivity contribution in [3.63, 3.8) is 0 Å². The number of rotatable bonds is 13. The van der Waals surface area contributed by atoms with Gasteiger partial charge in [-0.2, -0.15) is 0 Å². The highest BCUT2D eigenvalue weighted by atomic mass is 35.5. The lowest BCUT2D eigenvalue weighted by molar-refractivity contribution is -0.140. The average Bonchev–Trinajstić information content (AvgIpc) is 3.02. The SMILES string of the molecule is CCCNC(=O)[C@H](Cc1ccccc1)N(Cc1c(Cl)cccc1Cl)C(=O)CN(c1ccccc1Cl)S(=O)(=O)c1ccccc1. The van der Waals surface area contributed by atoms with E-state index in [1.807, 2.05) is 37.3 Å². The molecule has 0 saturated heterocycles. The Balaban J connectivity index is 1.83. The fourth-order valence-electron chi connectivity index (χ4n) is 4.66. The van der Waals surface area contributed by atoms with Crippen LogP contribution in [0.3, 0.4) is 0 Å². The van der Waals surface area contributed by atoms with Gasteiger partial charge < -0.3 is 10.2 Å². The van der Waals surface area contributed by atoms with Crippen LogP contribution in [-0.4, -0.2) is 44.3 Å². The largest absolute Gasteiger partial charge is 0.354 e. The number of carbonyl (C=O) groups is 2. The summed E-state index contributed by atoms with van der Waals surface area (Å²) in [5, 5.41) is 3.66. The zero-order valence-corrected chi connectivity index (χ0v) is 27.1. The first-order valence-electron chi connectivity index (χ1n) is 14.0. The molecule has 4 aromatic carbocycles. The Morgan fingerprint density at radius 1 is 0.773 bits per heavy atom. The van der Waals surface area contributed by atoms with Gasteiger partial charge in [-0.05, 0) is 48.4 Å². The first kappa shape index (κ1) is 33.3. The summed E-state index contributed by atoms with van der Waals surface area (Å²) in [7, 11) is -4.26. The highest BCUT2D eigenvalue weighted by Gasteiger charge is 2.35. The first-order chi connectivity index (χ1) is 21.1. The molecule has 0 fully saturated rings. The van der Waals surface area contributed by atoms with Crippen LogP contribution in [-0.2, 0) is 32.6 Å². The standard InChI is InChI=1S/C33H32Cl3N3O4S/c1-2-20-37-33(41)31(21-24-12-5-3-6-13-24)38(22-26-27(34)17-11-18-28(26)35)32(40)23-39(30-19-10-9-16-29(30)36)44(42,43)25-14-7-4-8-15-25/h3-19,31H,2,20-23H2,1H3,(H,37,41)/t31-/m0/s1. The maximum atomic E-state index is 14.5. The summed E-state index contributed by atoms with van der Waals surface area (Å²) in [5.74, 6) is -1.03. The third-order valence-corrected chi connectivity index (χ3v) is 9.74. The van der Waals surface area contributed by atoms with Gasteiger partial charge in [-0.1, -0.05) is 108 Å². The van der Waals surface area contributed by atoms with Gasteiger partial charge in [0.1, 0.15) is 12.6 Å². The number of anilines is 1. The van der Waals surface area contributed by atoms with Gasteiger partial charge in [0.2, 0.25) is 11.8 Å². The van der Waals surface area contributed by atoms with Crippen molar-refractivity contribution in [1.82, 2.24) is 10.2 Å². The first-order valence-corrected chi connectivity index (χ1v) is 16.6. The second-order valence-electron chi connectivity index (χ2n) is 9.99. The molecule has 0 aliphatic carbocycles. The lowest BCUT2D eigenvalue weighted by Gasteiger charge is -2.34. The average molecular weight is 673 g/mol. The topological polar surface area (TPSA) is 86.8 Å². The van der Waals surface area contributed by atoms with E-state index in [9.17, 15) is 18.0 Å². The van der Waals surface area contributed by atoms with Crippen molar-refractivity contribution in [3.8, 4) is 0 Å². The van der Waals surface area contributed by atoms with Crippen molar-refractivity contribution >= 4 is 62.3 Å². The summed E-state index contributed by atoms with van der Waals surface area (Å²) in [6.45, 7) is 1.54. The molecule has 0 aliphatic heterocycles. The van der Waals surface area contributed by atoms with Gasteiger partial charge in [-0.3, -0.25) is 13.9 Å². The normalized spacial score (nSPS) is 11.9. The highest BCUT2D eigenvalue weighted by Crippen LogP contribution is 2.32. The lowest BCUT2D eigenvalue weighted by atomic mass is 10.0. The van der Waals surface area contributed by atoms with Crippen LogP contribution >= 0.6 is 34.8 Å². The Bertz CT molecular complexity index is 1670. The second-order valence-corrected chi connectivity index (χ2v) is 13.1. The van der Waals surface area contributed by atoms with Crippen molar-refractivity contribution in [2.24, 2.45) is 0 Å². The Kier molecular flexibility index (Phi) is 11.7. The molecule has 44 heavy (non-hydrogen) atoms. The highest BCUT2D eigenvalue weighted by molar-refractivity contribution is 7.92. The van der Waals surface area contributed by atoms with Crippen LogP contribution in [0, 0.1) is 0 Å². The molecule has 0 bridgehead atoms. The Morgan fingerprint density at radius 3 is 1.95 bits per heavy atom. The summed E-state index contributed by atoms with van der Waals surface area (Å²) >= 11 is 19.6. The number of sulfonamides is 1. The number of hydrogen-bond donors (Lipinski definition) is 1.